The van der Waals surface area contributed by atoms with Crippen molar-refractivity contribution < 1.29 is 4.79 Å². The summed E-state index contributed by atoms with van der Waals surface area (Å²) in [4.78, 5) is 13.0. The van der Waals surface area contributed by atoms with E-state index in [0.717, 1.165) is 12.1 Å². The number of halogens is 1. The van der Waals surface area contributed by atoms with Gasteiger partial charge >= 0.3 is 5.37 Å². The molecule has 0 radical (unpaired) electrons. The number of carbonyl (C=O) groups is 1. The summed E-state index contributed by atoms with van der Waals surface area (Å²) in [6.07, 6.45) is 0.863. The van der Waals surface area contributed by atoms with Crippen LogP contribution >= 0.6 is 11.6 Å². The SMILES string of the molecule is CC1(C)Cc2ccccc2N1C(=O)Cl. The third kappa shape index (κ3) is 1.30. The zero-order chi connectivity index (χ0) is 10.3. The minimum Gasteiger partial charge on any atom is -0.293 e. The number of hydrogen-bond donors (Lipinski definition) is 0. The zero-order valence-electron chi connectivity index (χ0n) is 8.25. The highest BCUT2D eigenvalue weighted by Gasteiger charge is 2.38. The van der Waals surface area contributed by atoms with Crippen molar-refractivity contribution in [3.63, 3.8) is 0 Å². The van der Waals surface area contributed by atoms with Crippen LogP contribution in [0.15, 0.2) is 24.3 Å². The van der Waals surface area contributed by atoms with E-state index in [2.05, 4.69) is 0 Å². The molecular formula is C11H12ClNO. The Kier molecular flexibility index (Phi) is 2.04. The van der Waals surface area contributed by atoms with Gasteiger partial charge in [-0.05, 0) is 43.5 Å². The van der Waals surface area contributed by atoms with Crippen LogP contribution in [0.1, 0.15) is 19.4 Å². The largest absolute Gasteiger partial charge is 0.321 e. The Hall–Kier alpha value is -1.02. The second-order valence-corrected chi connectivity index (χ2v) is 4.53. The van der Waals surface area contributed by atoms with Gasteiger partial charge in [0.05, 0.1) is 0 Å². The van der Waals surface area contributed by atoms with Gasteiger partial charge in [-0.25, -0.2) is 0 Å². The standard InChI is InChI=1S/C11H12ClNO/c1-11(2)7-8-5-3-4-6-9(8)13(11)10(12)14/h3-6H,7H2,1-2H3. The van der Waals surface area contributed by atoms with Crippen molar-refractivity contribution in [2.45, 2.75) is 25.8 Å². The molecule has 1 heterocycles. The third-order valence-corrected chi connectivity index (χ3v) is 2.81. The monoisotopic (exact) mass is 209 g/mol. The number of hydrogen-bond acceptors (Lipinski definition) is 1. The van der Waals surface area contributed by atoms with Crippen molar-refractivity contribution in [3.8, 4) is 0 Å². The average Bonchev–Trinajstić information content (AvgIpc) is 2.33. The topological polar surface area (TPSA) is 20.3 Å². The van der Waals surface area contributed by atoms with E-state index >= 15 is 0 Å². The molecule has 0 bridgehead atoms. The second kappa shape index (κ2) is 2.99. The number of fused-ring (bicyclic) bond motifs is 1. The van der Waals surface area contributed by atoms with Gasteiger partial charge in [0.15, 0.2) is 0 Å². The van der Waals surface area contributed by atoms with E-state index in [1.807, 2.05) is 38.1 Å². The molecule has 1 aromatic rings. The molecule has 0 unspecified atom stereocenters. The lowest BCUT2D eigenvalue weighted by Gasteiger charge is -2.29. The summed E-state index contributed by atoms with van der Waals surface area (Å²) in [5, 5.41) is -0.403. The quantitative estimate of drug-likeness (QED) is 0.475. The molecule has 3 heteroatoms. The number of amides is 1. The van der Waals surface area contributed by atoms with E-state index < -0.39 is 5.37 Å². The van der Waals surface area contributed by atoms with Gasteiger partial charge in [-0.1, -0.05) is 18.2 Å². The number of rotatable bonds is 0. The van der Waals surface area contributed by atoms with Gasteiger partial charge < -0.3 is 0 Å². The average molecular weight is 210 g/mol. The molecule has 0 atom stereocenters. The highest BCUT2D eigenvalue weighted by Crippen LogP contribution is 2.39. The Morgan fingerprint density at radius 3 is 2.71 bits per heavy atom. The minimum absolute atomic E-state index is 0.206. The highest BCUT2D eigenvalue weighted by atomic mass is 35.5. The van der Waals surface area contributed by atoms with Crippen LogP contribution in [0.4, 0.5) is 10.5 Å². The van der Waals surface area contributed by atoms with E-state index in [1.54, 1.807) is 4.90 Å². The maximum Gasteiger partial charge on any atom is 0.321 e. The summed E-state index contributed by atoms with van der Waals surface area (Å²) in [7, 11) is 0. The van der Waals surface area contributed by atoms with Crippen LogP contribution in [0.2, 0.25) is 0 Å². The molecule has 1 aliphatic rings. The highest BCUT2D eigenvalue weighted by molar-refractivity contribution is 6.66. The molecule has 1 amide bonds. The summed E-state index contributed by atoms with van der Waals surface area (Å²) in [5.74, 6) is 0. The minimum atomic E-state index is -0.403. The number of nitrogens with zero attached hydrogens (tertiary/aromatic N) is 1. The summed E-state index contributed by atoms with van der Waals surface area (Å²) in [5.41, 5.74) is 1.92. The Bertz CT molecular complexity index is 387. The third-order valence-electron chi connectivity index (χ3n) is 2.64. The summed E-state index contributed by atoms with van der Waals surface area (Å²) in [6, 6.07) is 7.88. The van der Waals surface area contributed by atoms with E-state index in [-0.39, 0.29) is 5.54 Å². The van der Waals surface area contributed by atoms with Crippen LogP contribution < -0.4 is 4.90 Å². The normalized spacial score (nSPS) is 18.1. The molecule has 2 rings (SSSR count). The van der Waals surface area contributed by atoms with E-state index in [0.29, 0.717) is 0 Å². The van der Waals surface area contributed by atoms with Crippen molar-refractivity contribution >= 4 is 22.7 Å². The first kappa shape index (κ1) is 9.53. The van der Waals surface area contributed by atoms with E-state index in [1.165, 1.54) is 5.56 Å². The van der Waals surface area contributed by atoms with Crippen molar-refractivity contribution in [3.05, 3.63) is 29.8 Å². The van der Waals surface area contributed by atoms with Gasteiger partial charge in [0, 0.05) is 11.2 Å². The van der Waals surface area contributed by atoms with Crippen LogP contribution in [0.25, 0.3) is 0 Å². The van der Waals surface area contributed by atoms with Crippen LogP contribution in [0.3, 0.4) is 0 Å². The van der Waals surface area contributed by atoms with Crippen LogP contribution in [-0.4, -0.2) is 10.9 Å². The van der Waals surface area contributed by atoms with E-state index in [9.17, 15) is 4.79 Å². The Morgan fingerprint density at radius 1 is 1.43 bits per heavy atom. The van der Waals surface area contributed by atoms with E-state index in [4.69, 9.17) is 11.6 Å². The number of anilines is 1. The molecule has 0 aromatic heterocycles. The Balaban J connectivity index is 2.53. The smallest absolute Gasteiger partial charge is 0.293 e. The Labute approximate surface area is 88.5 Å². The fourth-order valence-corrected chi connectivity index (χ4v) is 2.40. The predicted octanol–water partition coefficient (Wildman–Crippen LogP) is 3.19. The van der Waals surface area contributed by atoms with Gasteiger partial charge in [-0.15, -0.1) is 0 Å². The Morgan fingerprint density at radius 2 is 2.07 bits per heavy atom. The molecule has 14 heavy (non-hydrogen) atoms. The first-order chi connectivity index (χ1) is 6.52. The van der Waals surface area contributed by atoms with Gasteiger partial charge in [-0.3, -0.25) is 9.69 Å². The predicted molar refractivity (Wildman–Crippen MR) is 58.0 cm³/mol. The molecule has 2 nitrogen and oxygen atoms in total. The fourth-order valence-electron chi connectivity index (χ4n) is 2.08. The summed E-state index contributed by atoms with van der Waals surface area (Å²) < 4.78 is 0. The molecule has 0 N–H and O–H groups in total. The molecule has 0 spiro atoms. The lowest BCUT2D eigenvalue weighted by molar-refractivity contribution is 0.259. The lowest BCUT2D eigenvalue weighted by Crippen LogP contribution is -2.42. The van der Waals surface area contributed by atoms with Crippen LogP contribution in [0.5, 0.6) is 0 Å². The lowest BCUT2D eigenvalue weighted by atomic mass is 10.00. The second-order valence-electron chi connectivity index (χ2n) is 4.21. The molecule has 0 aliphatic carbocycles. The fraction of sp³-hybridized carbons (Fsp3) is 0.364. The molecule has 0 fully saturated rings. The van der Waals surface area contributed by atoms with Gasteiger partial charge in [0.2, 0.25) is 0 Å². The van der Waals surface area contributed by atoms with Gasteiger partial charge in [0.1, 0.15) is 0 Å². The van der Waals surface area contributed by atoms with Crippen LogP contribution in [-0.2, 0) is 6.42 Å². The molecular weight excluding hydrogens is 198 g/mol. The van der Waals surface area contributed by atoms with Crippen molar-refractivity contribution in [1.29, 1.82) is 0 Å². The maximum absolute atomic E-state index is 11.3. The van der Waals surface area contributed by atoms with Crippen molar-refractivity contribution in [2.24, 2.45) is 0 Å². The van der Waals surface area contributed by atoms with Gasteiger partial charge in [-0.2, -0.15) is 0 Å². The first-order valence-electron chi connectivity index (χ1n) is 4.60. The molecule has 0 saturated heterocycles. The zero-order valence-corrected chi connectivity index (χ0v) is 9.01. The molecule has 1 aliphatic heterocycles. The summed E-state index contributed by atoms with van der Waals surface area (Å²) >= 11 is 5.58. The van der Waals surface area contributed by atoms with Gasteiger partial charge in [0.25, 0.3) is 0 Å². The summed E-state index contributed by atoms with van der Waals surface area (Å²) in [6.45, 7) is 4.04. The van der Waals surface area contributed by atoms with Crippen LogP contribution in [0, 0.1) is 0 Å². The maximum atomic E-state index is 11.3. The number of para-hydroxylation sites is 1. The first-order valence-corrected chi connectivity index (χ1v) is 4.98. The number of carbonyl (C=O) groups excluding carboxylic acids is 1. The number of benzene rings is 1. The molecule has 0 saturated carbocycles. The van der Waals surface area contributed by atoms with Crippen molar-refractivity contribution in [1.82, 2.24) is 0 Å². The van der Waals surface area contributed by atoms with Crippen molar-refractivity contribution in [2.75, 3.05) is 4.90 Å². The molecule has 74 valence electrons. The molecule has 1 aromatic carbocycles.